The van der Waals surface area contributed by atoms with Crippen molar-refractivity contribution in [2.24, 2.45) is 11.3 Å². The molecule has 1 aliphatic rings. The van der Waals surface area contributed by atoms with E-state index in [9.17, 15) is 9.59 Å². The van der Waals surface area contributed by atoms with Gasteiger partial charge in [-0.15, -0.1) is 0 Å². The van der Waals surface area contributed by atoms with Crippen molar-refractivity contribution < 1.29 is 19.4 Å². The molecule has 0 aromatic rings. The first-order valence-electron chi connectivity index (χ1n) is 7.70. The Labute approximate surface area is 126 Å². The van der Waals surface area contributed by atoms with Gasteiger partial charge < -0.3 is 20.5 Å². The minimum absolute atomic E-state index is 0.135. The predicted molar refractivity (Wildman–Crippen MR) is 80.2 cm³/mol. The third-order valence-electron chi connectivity index (χ3n) is 4.19. The number of urea groups is 1. The van der Waals surface area contributed by atoms with Gasteiger partial charge >= 0.3 is 12.0 Å². The molecular formula is C15H28N2O4. The van der Waals surface area contributed by atoms with E-state index in [2.05, 4.69) is 10.6 Å². The molecule has 1 atom stereocenters. The molecule has 0 saturated heterocycles. The molecule has 6 nitrogen and oxygen atoms in total. The molecule has 2 amide bonds. The van der Waals surface area contributed by atoms with Crippen LogP contribution in [-0.2, 0) is 9.53 Å². The van der Waals surface area contributed by atoms with Crippen LogP contribution in [-0.4, -0.2) is 43.9 Å². The summed E-state index contributed by atoms with van der Waals surface area (Å²) in [6.07, 6.45) is 4.95. The normalized spacial score (nSPS) is 17.0. The van der Waals surface area contributed by atoms with Gasteiger partial charge in [0.05, 0.1) is 0 Å². The number of carboxylic acids is 1. The molecule has 1 unspecified atom stereocenters. The molecule has 0 aromatic carbocycles. The van der Waals surface area contributed by atoms with Gasteiger partial charge in [-0.3, -0.25) is 4.79 Å². The van der Waals surface area contributed by atoms with Crippen LogP contribution >= 0.6 is 0 Å². The molecule has 3 N–H and O–H groups in total. The highest BCUT2D eigenvalue weighted by atomic mass is 16.5. The number of ether oxygens (including phenoxy) is 1. The second kappa shape index (κ2) is 8.87. The maximum absolute atomic E-state index is 11.7. The van der Waals surface area contributed by atoms with Crippen molar-refractivity contribution in [2.45, 2.75) is 45.4 Å². The molecule has 0 radical (unpaired) electrons. The Hall–Kier alpha value is -1.30. The third kappa shape index (κ3) is 7.90. The number of hydrogen-bond acceptors (Lipinski definition) is 3. The van der Waals surface area contributed by atoms with E-state index in [1.54, 1.807) is 7.11 Å². The zero-order valence-electron chi connectivity index (χ0n) is 13.1. The van der Waals surface area contributed by atoms with E-state index < -0.39 is 5.97 Å². The molecule has 1 saturated carbocycles. The van der Waals surface area contributed by atoms with Crippen LogP contribution in [0, 0.1) is 11.3 Å². The minimum atomic E-state index is -0.765. The summed E-state index contributed by atoms with van der Waals surface area (Å²) < 4.78 is 5.09. The number of hydrogen-bond donors (Lipinski definition) is 3. The minimum Gasteiger partial charge on any atom is -0.481 e. The SMILES string of the molecule is COCCC1(CNC(=O)NCCC(C)CCC(=O)O)CC1. The highest BCUT2D eigenvalue weighted by Crippen LogP contribution is 2.48. The Morgan fingerprint density at radius 1 is 1.29 bits per heavy atom. The molecule has 0 spiro atoms. The van der Waals surface area contributed by atoms with Crippen LogP contribution in [0.4, 0.5) is 4.79 Å². The van der Waals surface area contributed by atoms with Gasteiger partial charge in [-0.25, -0.2) is 4.79 Å². The van der Waals surface area contributed by atoms with E-state index in [-0.39, 0.29) is 17.9 Å². The Morgan fingerprint density at radius 3 is 2.57 bits per heavy atom. The standard InChI is InChI=1S/C15H28N2O4/c1-12(3-4-13(18)19)5-9-16-14(20)17-11-15(6-7-15)8-10-21-2/h12H,3-11H2,1-2H3,(H,18,19)(H2,16,17,20). The Kier molecular flexibility index (Phi) is 7.50. The second-order valence-corrected chi connectivity index (χ2v) is 6.18. The van der Waals surface area contributed by atoms with E-state index in [0.717, 1.165) is 32.3 Å². The Bertz CT molecular complexity index is 343. The molecule has 21 heavy (non-hydrogen) atoms. The van der Waals surface area contributed by atoms with Crippen molar-refractivity contribution in [1.29, 1.82) is 0 Å². The average molecular weight is 300 g/mol. The van der Waals surface area contributed by atoms with Crippen molar-refractivity contribution in [3.63, 3.8) is 0 Å². The van der Waals surface area contributed by atoms with E-state index >= 15 is 0 Å². The first-order valence-corrected chi connectivity index (χ1v) is 7.70. The van der Waals surface area contributed by atoms with Crippen molar-refractivity contribution in [1.82, 2.24) is 10.6 Å². The first-order chi connectivity index (χ1) is 9.97. The fourth-order valence-corrected chi connectivity index (χ4v) is 2.29. The van der Waals surface area contributed by atoms with E-state index in [0.29, 0.717) is 25.4 Å². The van der Waals surface area contributed by atoms with Crippen LogP contribution in [0.15, 0.2) is 0 Å². The number of carbonyl (C=O) groups excluding carboxylic acids is 1. The fourth-order valence-electron chi connectivity index (χ4n) is 2.29. The molecule has 0 aromatic heterocycles. The Balaban J connectivity index is 2.05. The number of nitrogens with one attached hydrogen (secondary N) is 2. The molecule has 0 heterocycles. The highest BCUT2D eigenvalue weighted by molar-refractivity contribution is 5.73. The summed E-state index contributed by atoms with van der Waals surface area (Å²) in [6.45, 7) is 4.03. The van der Waals surface area contributed by atoms with Gasteiger partial charge in [-0.1, -0.05) is 6.92 Å². The van der Waals surface area contributed by atoms with Crippen molar-refractivity contribution in [2.75, 3.05) is 26.8 Å². The molecule has 0 bridgehead atoms. The molecule has 122 valence electrons. The van der Waals surface area contributed by atoms with Gasteiger partial charge in [0.1, 0.15) is 0 Å². The molecule has 6 heteroatoms. The number of carboxylic acid groups (broad SMARTS) is 1. The fraction of sp³-hybridized carbons (Fsp3) is 0.867. The number of amides is 2. The molecular weight excluding hydrogens is 272 g/mol. The van der Waals surface area contributed by atoms with Crippen LogP contribution in [0.5, 0.6) is 0 Å². The Morgan fingerprint density at radius 2 is 2.00 bits per heavy atom. The summed E-state index contributed by atoms with van der Waals surface area (Å²) in [4.78, 5) is 22.1. The smallest absolute Gasteiger partial charge is 0.314 e. The highest BCUT2D eigenvalue weighted by Gasteiger charge is 2.42. The van der Waals surface area contributed by atoms with Crippen LogP contribution in [0.3, 0.4) is 0 Å². The third-order valence-corrected chi connectivity index (χ3v) is 4.19. The van der Waals surface area contributed by atoms with Gasteiger partial charge in [0.25, 0.3) is 0 Å². The molecule has 1 rings (SSSR count). The second-order valence-electron chi connectivity index (χ2n) is 6.18. The lowest BCUT2D eigenvalue weighted by atomic mass is 10.0. The summed E-state index contributed by atoms with van der Waals surface area (Å²) >= 11 is 0. The summed E-state index contributed by atoms with van der Waals surface area (Å²) in [6, 6.07) is -0.135. The quantitative estimate of drug-likeness (QED) is 0.544. The van der Waals surface area contributed by atoms with Gasteiger partial charge in [-0.2, -0.15) is 0 Å². The summed E-state index contributed by atoms with van der Waals surface area (Å²) in [5.41, 5.74) is 0.252. The van der Waals surface area contributed by atoms with Crippen LogP contribution in [0.25, 0.3) is 0 Å². The van der Waals surface area contributed by atoms with E-state index in [4.69, 9.17) is 9.84 Å². The monoisotopic (exact) mass is 300 g/mol. The zero-order valence-corrected chi connectivity index (χ0v) is 13.1. The van der Waals surface area contributed by atoms with Crippen molar-refractivity contribution >= 4 is 12.0 Å². The summed E-state index contributed by atoms with van der Waals surface area (Å²) in [5.74, 6) is -0.462. The topological polar surface area (TPSA) is 87.7 Å². The first kappa shape index (κ1) is 17.8. The van der Waals surface area contributed by atoms with Gasteiger partial charge in [-0.05, 0) is 43.4 Å². The molecule has 1 fully saturated rings. The lowest BCUT2D eigenvalue weighted by Crippen LogP contribution is -2.39. The van der Waals surface area contributed by atoms with Crippen LogP contribution in [0.1, 0.15) is 45.4 Å². The largest absolute Gasteiger partial charge is 0.481 e. The molecule has 1 aliphatic carbocycles. The lowest BCUT2D eigenvalue weighted by Gasteiger charge is -2.16. The van der Waals surface area contributed by atoms with Crippen molar-refractivity contribution in [3.8, 4) is 0 Å². The van der Waals surface area contributed by atoms with Crippen LogP contribution < -0.4 is 10.6 Å². The number of carbonyl (C=O) groups is 2. The summed E-state index contributed by atoms with van der Waals surface area (Å²) in [7, 11) is 1.70. The maximum atomic E-state index is 11.7. The van der Waals surface area contributed by atoms with Crippen LogP contribution in [0.2, 0.25) is 0 Å². The zero-order chi connectivity index (χ0) is 15.7. The van der Waals surface area contributed by atoms with Gasteiger partial charge in [0, 0.05) is 33.2 Å². The average Bonchev–Trinajstić information content (AvgIpc) is 3.21. The number of methoxy groups -OCH3 is 1. The van der Waals surface area contributed by atoms with Gasteiger partial charge in [0.2, 0.25) is 0 Å². The number of rotatable bonds is 11. The summed E-state index contributed by atoms with van der Waals surface area (Å²) in [5, 5.41) is 14.3. The van der Waals surface area contributed by atoms with E-state index in [1.165, 1.54) is 0 Å². The van der Waals surface area contributed by atoms with Crippen molar-refractivity contribution in [3.05, 3.63) is 0 Å². The van der Waals surface area contributed by atoms with Gasteiger partial charge in [0.15, 0.2) is 0 Å². The lowest BCUT2D eigenvalue weighted by molar-refractivity contribution is -0.137. The van der Waals surface area contributed by atoms with E-state index in [1.807, 2.05) is 6.92 Å². The maximum Gasteiger partial charge on any atom is 0.314 e. The number of aliphatic carboxylic acids is 1. The molecule has 0 aliphatic heterocycles. The predicted octanol–water partition coefficient (Wildman–Crippen LogP) is 1.99.